The highest BCUT2D eigenvalue weighted by molar-refractivity contribution is 5.85. The summed E-state index contributed by atoms with van der Waals surface area (Å²) in [6.07, 6.45) is 6.98. The normalized spacial score (nSPS) is 14.4. The van der Waals surface area contributed by atoms with Gasteiger partial charge in [-0.05, 0) is 60.7 Å². The van der Waals surface area contributed by atoms with Gasteiger partial charge in [0.2, 0.25) is 5.91 Å². The Morgan fingerprint density at radius 1 is 1.17 bits per heavy atom. The van der Waals surface area contributed by atoms with E-state index in [1.807, 2.05) is 29.3 Å². The molecule has 0 unspecified atom stereocenters. The number of carbonyl (C=O) groups excluding carboxylic acids is 1. The summed E-state index contributed by atoms with van der Waals surface area (Å²) in [5.74, 6) is 0.918. The minimum atomic E-state index is -0.254. The van der Waals surface area contributed by atoms with E-state index >= 15 is 0 Å². The summed E-state index contributed by atoms with van der Waals surface area (Å²) < 4.78 is 18.6. The predicted molar refractivity (Wildman–Crippen MR) is 112 cm³/mol. The Bertz CT molecular complexity index is 974. The number of ether oxygens (including phenoxy) is 1. The zero-order valence-corrected chi connectivity index (χ0v) is 16.8. The number of nitrogens with zero attached hydrogens (tertiary/aromatic N) is 1. The lowest BCUT2D eigenvalue weighted by Crippen LogP contribution is -2.36. The Morgan fingerprint density at radius 2 is 1.93 bits per heavy atom. The maximum Gasteiger partial charge on any atom is 0.225 e. The second-order valence-corrected chi connectivity index (χ2v) is 7.84. The van der Waals surface area contributed by atoms with E-state index in [9.17, 15) is 9.18 Å². The molecule has 3 aromatic rings. The fraction of sp³-hybridized carbons (Fsp3) is 0.375. The molecule has 0 saturated heterocycles. The van der Waals surface area contributed by atoms with Crippen LogP contribution >= 0.6 is 0 Å². The summed E-state index contributed by atoms with van der Waals surface area (Å²) in [7, 11) is 1.66. The first-order chi connectivity index (χ1) is 14.1. The maximum absolute atomic E-state index is 13.3. The molecule has 5 heteroatoms. The van der Waals surface area contributed by atoms with Crippen LogP contribution in [0, 0.1) is 11.7 Å². The minimum Gasteiger partial charge on any atom is -0.497 e. The fourth-order valence-corrected chi connectivity index (χ4v) is 4.26. The van der Waals surface area contributed by atoms with Gasteiger partial charge in [0.05, 0.1) is 7.11 Å². The van der Waals surface area contributed by atoms with Crippen molar-refractivity contribution in [2.45, 2.75) is 38.6 Å². The molecule has 4 rings (SSSR count). The molecule has 1 heterocycles. The molecule has 1 aliphatic carbocycles. The van der Waals surface area contributed by atoms with Crippen molar-refractivity contribution in [3.8, 4) is 5.75 Å². The molecule has 0 atom stereocenters. The summed E-state index contributed by atoms with van der Waals surface area (Å²) in [5, 5.41) is 1.12. The van der Waals surface area contributed by atoms with Gasteiger partial charge in [-0.15, -0.1) is 0 Å². The van der Waals surface area contributed by atoms with E-state index in [2.05, 4.69) is 4.98 Å². The van der Waals surface area contributed by atoms with Crippen LogP contribution in [0.15, 0.2) is 48.7 Å². The number of aromatic nitrogens is 1. The van der Waals surface area contributed by atoms with E-state index in [1.54, 1.807) is 19.2 Å². The zero-order valence-electron chi connectivity index (χ0n) is 16.8. The molecular weight excluding hydrogens is 367 g/mol. The molecular formula is C24H27FN2O2. The molecule has 4 nitrogen and oxygen atoms in total. The SMILES string of the molecule is COc1ccc2[nH]cc(CCN(Cc3ccc(F)cc3)C(=O)C3CCCC3)c2c1. The lowest BCUT2D eigenvalue weighted by molar-refractivity contribution is -0.136. The average Bonchev–Trinajstić information content (AvgIpc) is 3.42. The minimum absolute atomic E-state index is 0.124. The van der Waals surface area contributed by atoms with Crippen molar-refractivity contribution in [3.05, 3.63) is 65.6 Å². The third-order valence-electron chi connectivity index (χ3n) is 5.93. The van der Waals surface area contributed by atoms with E-state index in [1.165, 1.54) is 17.7 Å². The van der Waals surface area contributed by atoms with Crippen LogP contribution in [0.1, 0.15) is 36.8 Å². The summed E-state index contributed by atoms with van der Waals surface area (Å²) in [5.41, 5.74) is 3.19. The quantitative estimate of drug-likeness (QED) is 0.608. The molecule has 0 radical (unpaired) electrons. The van der Waals surface area contributed by atoms with Crippen molar-refractivity contribution < 1.29 is 13.9 Å². The Kier molecular flexibility index (Phi) is 5.84. The van der Waals surface area contributed by atoms with E-state index in [0.29, 0.717) is 13.1 Å². The zero-order chi connectivity index (χ0) is 20.2. The largest absolute Gasteiger partial charge is 0.497 e. The van der Waals surface area contributed by atoms with Crippen LogP contribution in [0.2, 0.25) is 0 Å². The van der Waals surface area contributed by atoms with Crippen LogP contribution in [0.4, 0.5) is 4.39 Å². The highest BCUT2D eigenvalue weighted by Gasteiger charge is 2.27. The monoisotopic (exact) mass is 394 g/mol. The van der Waals surface area contributed by atoms with Gasteiger partial charge in [0, 0.05) is 36.1 Å². The third kappa shape index (κ3) is 4.44. The number of carbonyl (C=O) groups is 1. The molecule has 0 spiro atoms. The second-order valence-electron chi connectivity index (χ2n) is 7.84. The van der Waals surface area contributed by atoms with Gasteiger partial charge < -0.3 is 14.6 Å². The third-order valence-corrected chi connectivity index (χ3v) is 5.93. The van der Waals surface area contributed by atoms with Gasteiger partial charge in [-0.2, -0.15) is 0 Å². The second kappa shape index (κ2) is 8.68. The van der Waals surface area contributed by atoms with E-state index in [4.69, 9.17) is 4.74 Å². The van der Waals surface area contributed by atoms with Gasteiger partial charge in [0.25, 0.3) is 0 Å². The first-order valence-corrected chi connectivity index (χ1v) is 10.3. The van der Waals surface area contributed by atoms with Gasteiger partial charge in [-0.1, -0.05) is 25.0 Å². The summed E-state index contributed by atoms with van der Waals surface area (Å²) in [4.78, 5) is 18.4. The van der Waals surface area contributed by atoms with Crippen LogP contribution in [-0.4, -0.2) is 29.4 Å². The first-order valence-electron chi connectivity index (χ1n) is 10.3. The number of benzene rings is 2. The number of amides is 1. The molecule has 1 amide bonds. The molecule has 0 aliphatic heterocycles. The van der Waals surface area contributed by atoms with Gasteiger partial charge >= 0.3 is 0 Å². The predicted octanol–water partition coefficient (Wildman–Crippen LogP) is 5.08. The van der Waals surface area contributed by atoms with Crippen LogP contribution in [0.5, 0.6) is 5.75 Å². The van der Waals surface area contributed by atoms with Crippen LogP contribution in [0.25, 0.3) is 10.9 Å². The molecule has 29 heavy (non-hydrogen) atoms. The number of H-pyrrole nitrogens is 1. The molecule has 1 fully saturated rings. The van der Waals surface area contributed by atoms with Crippen LogP contribution in [0.3, 0.4) is 0 Å². The Balaban J connectivity index is 1.53. The number of rotatable bonds is 7. The molecule has 1 aromatic heterocycles. The van der Waals surface area contributed by atoms with Crippen molar-refractivity contribution in [3.63, 3.8) is 0 Å². The number of fused-ring (bicyclic) bond motifs is 1. The highest BCUT2D eigenvalue weighted by Crippen LogP contribution is 2.28. The van der Waals surface area contributed by atoms with Crippen molar-refractivity contribution in [2.24, 2.45) is 5.92 Å². The first kappa shape index (κ1) is 19.5. The lowest BCUT2D eigenvalue weighted by atomic mass is 10.0. The fourth-order valence-electron chi connectivity index (χ4n) is 4.26. The Morgan fingerprint density at radius 3 is 2.66 bits per heavy atom. The summed E-state index contributed by atoms with van der Waals surface area (Å²) in [6.45, 7) is 1.15. The Hall–Kier alpha value is -2.82. The molecule has 2 aromatic carbocycles. The molecule has 0 bridgehead atoms. The summed E-state index contributed by atoms with van der Waals surface area (Å²) in [6, 6.07) is 12.4. The highest BCUT2D eigenvalue weighted by atomic mass is 19.1. The van der Waals surface area contributed by atoms with Gasteiger partial charge in [0.15, 0.2) is 0 Å². The van der Waals surface area contributed by atoms with Crippen molar-refractivity contribution >= 4 is 16.8 Å². The average molecular weight is 394 g/mol. The number of methoxy groups -OCH3 is 1. The Labute approximate surface area is 170 Å². The number of hydrogen-bond donors (Lipinski definition) is 1. The molecule has 1 aliphatic rings. The van der Waals surface area contributed by atoms with Crippen molar-refractivity contribution in [2.75, 3.05) is 13.7 Å². The van der Waals surface area contributed by atoms with Gasteiger partial charge in [-0.3, -0.25) is 4.79 Å². The molecule has 1 saturated carbocycles. The lowest BCUT2D eigenvalue weighted by Gasteiger charge is -2.26. The smallest absolute Gasteiger partial charge is 0.225 e. The molecule has 1 N–H and O–H groups in total. The molecule has 152 valence electrons. The van der Waals surface area contributed by atoms with Gasteiger partial charge in [0.1, 0.15) is 11.6 Å². The number of aromatic amines is 1. The van der Waals surface area contributed by atoms with E-state index in [0.717, 1.165) is 54.3 Å². The van der Waals surface area contributed by atoms with E-state index < -0.39 is 0 Å². The van der Waals surface area contributed by atoms with Crippen LogP contribution in [-0.2, 0) is 17.8 Å². The van der Waals surface area contributed by atoms with Gasteiger partial charge in [-0.25, -0.2) is 4.39 Å². The number of hydrogen-bond acceptors (Lipinski definition) is 2. The maximum atomic E-state index is 13.3. The van der Waals surface area contributed by atoms with E-state index in [-0.39, 0.29) is 17.6 Å². The van der Waals surface area contributed by atoms with Crippen LogP contribution < -0.4 is 4.74 Å². The summed E-state index contributed by atoms with van der Waals surface area (Å²) >= 11 is 0. The number of halogens is 1. The topological polar surface area (TPSA) is 45.3 Å². The standard InChI is InChI=1S/C24H27FN2O2/c1-29-21-10-11-23-22(14-21)19(15-26-23)12-13-27(24(28)18-4-2-3-5-18)16-17-6-8-20(25)9-7-17/h6-11,14-15,18,26H,2-5,12-13,16H2,1H3. The number of nitrogens with one attached hydrogen (secondary N) is 1. The van der Waals surface area contributed by atoms with Crippen molar-refractivity contribution in [1.82, 2.24) is 9.88 Å². The van der Waals surface area contributed by atoms with Crippen molar-refractivity contribution in [1.29, 1.82) is 0 Å².